The molecular weight excluding hydrogens is 289 g/mol. The van der Waals surface area contributed by atoms with Gasteiger partial charge in [-0.2, -0.15) is 0 Å². The third-order valence-electron chi connectivity index (χ3n) is 3.35. The number of hydrogen-bond donors (Lipinski definition) is 1. The number of aromatic nitrogens is 2. The molecule has 0 aliphatic heterocycles. The summed E-state index contributed by atoms with van der Waals surface area (Å²) in [4.78, 5) is 9.01. The molecule has 0 radical (unpaired) electrons. The molecule has 106 valence electrons. The average Bonchev–Trinajstić information content (AvgIpc) is 2.49. The van der Waals surface area contributed by atoms with Crippen molar-refractivity contribution in [2.75, 3.05) is 12.4 Å². The largest absolute Gasteiger partial charge is 0.373 e. The first kappa shape index (κ1) is 13.8. The molecule has 3 rings (SSSR count). The number of rotatable bonds is 2. The summed E-state index contributed by atoms with van der Waals surface area (Å²) in [5, 5.41) is 4.13. The SMILES string of the molecule is CNc1nc(-c2ccc(Cl)c(F)c2)nc2cccc(C)c12. The number of benzene rings is 2. The van der Waals surface area contributed by atoms with Crippen molar-refractivity contribution in [1.82, 2.24) is 9.97 Å². The van der Waals surface area contributed by atoms with Gasteiger partial charge >= 0.3 is 0 Å². The van der Waals surface area contributed by atoms with E-state index in [9.17, 15) is 4.39 Å². The van der Waals surface area contributed by atoms with Gasteiger partial charge in [-0.1, -0.05) is 23.7 Å². The van der Waals surface area contributed by atoms with Crippen molar-refractivity contribution in [2.45, 2.75) is 6.92 Å². The summed E-state index contributed by atoms with van der Waals surface area (Å²) >= 11 is 5.71. The molecule has 0 aliphatic rings. The lowest BCUT2D eigenvalue weighted by atomic mass is 10.1. The standard InChI is InChI=1S/C16H13ClFN3/c1-9-4-3-5-13-14(9)16(19-2)21-15(20-13)10-6-7-11(17)12(18)8-10/h3-8H,1-2H3,(H,19,20,21). The van der Waals surface area contributed by atoms with Crippen molar-refractivity contribution < 1.29 is 4.39 Å². The predicted molar refractivity (Wildman–Crippen MR) is 84.2 cm³/mol. The fourth-order valence-electron chi connectivity index (χ4n) is 2.30. The van der Waals surface area contributed by atoms with E-state index in [4.69, 9.17) is 11.6 Å². The predicted octanol–water partition coefficient (Wildman–Crippen LogP) is 4.44. The van der Waals surface area contributed by atoms with Gasteiger partial charge in [-0.25, -0.2) is 14.4 Å². The second-order valence-electron chi connectivity index (χ2n) is 4.74. The Morgan fingerprint density at radius 3 is 2.67 bits per heavy atom. The summed E-state index contributed by atoms with van der Waals surface area (Å²) in [5.74, 6) is 0.713. The van der Waals surface area contributed by atoms with Gasteiger partial charge in [0.15, 0.2) is 5.82 Å². The highest BCUT2D eigenvalue weighted by molar-refractivity contribution is 6.30. The number of fused-ring (bicyclic) bond motifs is 1. The van der Waals surface area contributed by atoms with E-state index in [1.807, 2.05) is 25.1 Å². The van der Waals surface area contributed by atoms with Crippen LogP contribution in [-0.4, -0.2) is 17.0 Å². The van der Waals surface area contributed by atoms with Crippen LogP contribution in [0.3, 0.4) is 0 Å². The van der Waals surface area contributed by atoms with Crippen LogP contribution in [0.4, 0.5) is 10.2 Å². The van der Waals surface area contributed by atoms with E-state index in [0.717, 1.165) is 22.3 Å². The van der Waals surface area contributed by atoms with Crippen LogP contribution in [0.5, 0.6) is 0 Å². The van der Waals surface area contributed by atoms with E-state index in [-0.39, 0.29) is 5.02 Å². The highest BCUT2D eigenvalue weighted by atomic mass is 35.5. The molecule has 3 nitrogen and oxygen atoms in total. The van der Waals surface area contributed by atoms with Crippen LogP contribution in [0, 0.1) is 12.7 Å². The van der Waals surface area contributed by atoms with Crippen molar-refractivity contribution in [1.29, 1.82) is 0 Å². The summed E-state index contributed by atoms with van der Waals surface area (Å²) in [5.41, 5.74) is 2.50. The molecule has 0 spiro atoms. The Hall–Kier alpha value is -2.20. The van der Waals surface area contributed by atoms with E-state index >= 15 is 0 Å². The maximum absolute atomic E-state index is 13.6. The van der Waals surface area contributed by atoms with Crippen LogP contribution in [0.1, 0.15) is 5.56 Å². The zero-order chi connectivity index (χ0) is 15.0. The molecule has 0 fully saturated rings. The van der Waals surface area contributed by atoms with Crippen LogP contribution in [0.2, 0.25) is 5.02 Å². The summed E-state index contributed by atoms with van der Waals surface area (Å²) < 4.78 is 13.6. The number of halogens is 2. The molecule has 0 amide bonds. The van der Waals surface area contributed by atoms with E-state index in [1.165, 1.54) is 12.1 Å². The number of nitrogens with one attached hydrogen (secondary N) is 1. The molecule has 21 heavy (non-hydrogen) atoms. The summed E-state index contributed by atoms with van der Waals surface area (Å²) in [6, 6.07) is 10.4. The quantitative estimate of drug-likeness (QED) is 0.760. The highest BCUT2D eigenvalue weighted by Crippen LogP contribution is 2.28. The number of aryl methyl sites for hydroxylation is 1. The topological polar surface area (TPSA) is 37.8 Å². The minimum atomic E-state index is -0.479. The van der Waals surface area contributed by atoms with Gasteiger partial charge in [0, 0.05) is 18.0 Å². The van der Waals surface area contributed by atoms with Gasteiger partial charge in [0.25, 0.3) is 0 Å². The molecule has 0 unspecified atom stereocenters. The fourth-order valence-corrected chi connectivity index (χ4v) is 2.42. The number of nitrogens with zero attached hydrogens (tertiary/aromatic N) is 2. The maximum Gasteiger partial charge on any atom is 0.162 e. The summed E-state index contributed by atoms with van der Waals surface area (Å²) in [7, 11) is 1.81. The van der Waals surface area contributed by atoms with Crippen LogP contribution >= 0.6 is 11.6 Å². The first-order valence-corrected chi connectivity index (χ1v) is 6.88. The Kier molecular flexibility index (Phi) is 3.47. The summed E-state index contributed by atoms with van der Waals surface area (Å²) in [6.45, 7) is 2.01. The molecular formula is C16H13ClFN3. The highest BCUT2D eigenvalue weighted by Gasteiger charge is 2.11. The van der Waals surface area contributed by atoms with Crippen molar-refractivity contribution in [3.05, 3.63) is 52.8 Å². The molecule has 3 aromatic rings. The van der Waals surface area contributed by atoms with Crippen LogP contribution < -0.4 is 5.32 Å². The van der Waals surface area contributed by atoms with Crippen molar-refractivity contribution in [3.63, 3.8) is 0 Å². The smallest absolute Gasteiger partial charge is 0.162 e. The first-order chi connectivity index (χ1) is 10.1. The van der Waals surface area contributed by atoms with Crippen molar-refractivity contribution >= 4 is 28.3 Å². The molecule has 0 bridgehead atoms. The Balaban J connectivity index is 2.26. The maximum atomic E-state index is 13.6. The van der Waals surface area contributed by atoms with Gasteiger partial charge in [0.2, 0.25) is 0 Å². The summed E-state index contributed by atoms with van der Waals surface area (Å²) in [6.07, 6.45) is 0. The van der Waals surface area contributed by atoms with Gasteiger partial charge in [-0.3, -0.25) is 0 Å². The van der Waals surface area contributed by atoms with Crippen LogP contribution in [0.25, 0.3) is 22.3 Å². The Bertz CT molecular complexity index is 833. The zero-order valence-corrected chi connectivity index (χ0v) is 12.4. The van der Waals surface area contributed by atoms with Gasteiger partial charge in [-0.05, 0) is 36.8 Å². The third kappa shape index (κ3) is 2.43. The second kappa shape index (κ2) is 5.30. The Morgan fingerprint density at radius 2 is 1.95 bits per heavy atom. The Labute approximate surface area is 126 Å². The Morgan fingerprint density at radius 1 is 1.14 bits per heavy atom. The van der Waals surface area contributed by atoms with Gasteiger partial charge in [0.05, 0.1) is 10.5 Å². The molecule has 0 saturated carbocycles. The van der Waals surface area contributed by atoms with E-state index < -0.39 is 5.82 Å². The lowest BCUT2D eigenvalue weighted by Crippen LogP contribution is -2.00. The van der Waals surface area contributed by atoms with Crippen LogP contribution in [-0.2, 0) is 0 Å². The van der Waals surface area contributed by atoms with Gasteiger partial charge in [0.1, 0.15) is 11.6 Å². The molecule has 1 N–H and O–H groups in total. The molecule has 0 aliphatic carbocycles. The molecule has 1 aromatic heterocycles. The van der Waals surface area contributed by atoms with E-state index in [2.05, 4.69) is 15.3 Å². The van der Waals surface area contributed by atoms with E-state index in [1.54, 1.807) is 13.1 Å². The normalized spacial score (nSPS) is 10.9. The molecule has 5 heteroatoms. The fraction of sp³-hybridized carbons (Fsp3) is 0.125. The number of anilines is 1. The zero-order valence-electron chi connectivity index (χ0n) is 11.6. The van der Waals surface area contributed by atoms with E-state index in [0.29, 0.717) is 11.4 Å². The monoisotopic (exact) mass is 301 g/mol. The number of hydrogen-bond acceptors (Lipinski definition) is 3. The van der Waals surface area contributed by atoms with Crippen molar-refractivity contribution in [3.8, 4) is 11.4 Å². The lowest BCUT2D eigenvalue weighted by molar-refractivity contribution is 0.628. The molecule has 1 heterocycles. The molecule has 0 saturated heterocycles. The minimum Gasteiger partial charge on any atom is -0.373 e. The first-order valence-electron chi connectivity index (χ1n) is 6.50. The van der Waals surface area contributed by atoms with Crippen molar-refractivity contribution in [2.24, 2.45) is 0 Å². The molecule has 0 atom stereocenters. The lowest BCUT2D eigenvalue weighted by Gasteiger charge is -2.10. The minimum absolute atomic E-state index is 0.0872. The van der Waals surface area contributed by atoms with Gasteiger partial charge in [-0.15, -0.1) is 0 Å². The van der Waals surface area contributed by atoms with Crippen LogP contribution in [0.15, 0.2) is 36.4 Å². The molecule has 2 aromatic carbocycles. The average molecular weight is 302 g/mol. The van der Waals surface area contributed by atoms with Gasteiger partial charge < -0.3 is 5.32 Å². The second-order valence-corrected chi connectivity index (χ2v) is 5.15. The third-order valence-corrected chi connectivity index (χ3v) is 3.65.